The molecule has 3 amide bonds. The Morgan fingerprint density at radius 2 is 2.00 bits per heavy atom. The predicted molar refractivity (Wildman–Crippen MR) is 81.1 cm³/mol. The Hall–Kier alpha value is -2.21. The second-order valence-corrected chi connectivity index (χ2v) is 6.26. The maximum Gasteiger partial charge on any atom is 0.248 e. The van der Waals surface area contributed by atoms with Gasteiger partial charge in [-0.1, -0.05) is 13.3 Å². The summed E-state index contributed by atoms with van der Waals surface area (Å²) in [4.78, 5) is 37.8. The molecule has 1 aliphatic carbocycles. The summed E-state index contributed by atoms with van der Waals surface area (Å²) in [6.45, 7) is 2.42. The smallest absolute Gasteiger partial charge is 0.248 e. The number of nitrogens with one attached hydrogen (secondary N) is 1. The number of rotatable bonds is 2. The lowest BCUT2D eigenvalue weighted by atomic mass is 9.69. The standard InChI is InChI=1S/C16H19N3O3/c1-16(5-2-6-16)15(22)19-12-4-3-10(14(17)21)7-11(12)8-18-9-13(19)20/h3-4,7,18H,2,5-6,8-9H2,1H3,(H2,17,21). The van der Waals surface area contributed by atoms with Crippen LogP contribution in [0.3, 0.4) is 0 Å². The Labute approximate surface area is 128 Å². The van der Waals surface area contributed by atoms with Gasteiger partial charge in [0.25, 0.3) is 0 Å². The number of nitrogens with two attached hydrogens (primary N) is 1. The first-order chi connectivity index (χ1) is 10.4. The third-order valence-electron chi connectivity index (χ3n) is 4.62. The highest BCUT2D eigenvalue weighted by Gasteiger charge is 2.44. The van der Waals surface area contributed by atoms with Crippen LogP contribution >= 0.6 is 0 Å². The average molecular weight is 301 g/mol. The lowest BCUT2D eigenvalue weighted by molar-refractivity contribution is -0.135. The second kappa shape index (κ2) is 5.21. The average Bonchev–Trinajstić information content (AvgIpc) is 2.61. The molecule has 22 heavy (non-hydrogen) atoms. The molecule has 116 valence electrons. The molecule has 0 spiro atoms. The first-order valence-corrected chi connectivity index (χ1v) is 7.43. The zero-order valence-corrected chi connectivity index (χ0v) is 12.5. The van der Waals surface area contributed by atoms with Gasteiger partial charge in [0.2, 0.25) is 17.7 Å². The number of anilines is 1. The maximum atomic E-state index is 12.8. The SMILES string of the molecule is CC1(C(=O)N2C(=O)CNCc3cc(C(N)=O)ccc32)CCC1. The minimum Gasteiger partial charge on any atom is -0.366 e. The molecule has 3 rings (SSSR count). The Balaban J connectivity index is 2.04. The van der Waals surface area contributed by atoms with Gasteiger partial charge in [-0.25, -0.2) is 4.90 Å². The molecular formula is C16H19N3O3. The fourth-order valence-corrected chi connectivity index (χ4v) is 3.03. The Morgan fingerprint density at radius 3 is 2.59 bits per heavy atom. The largest absolute Gasteiger partial charge is 0.366 e. The van der Waals surface area contributed by atoms with Crippen LogP contribution in [-0.4, -0.2) is 24.3 Å². The van der Waals surface area contributed by atoms with Crippen molar-refractivity contribution in [3.05, 3.63) is 29.3 Å². The lowest BCUT2D eigenvalue weighted by Crippen LogP contribution is -2.50. The van der Waals surface area contributed by atoms with Crippen molar-refractivity contribution >= 4 is 23.4 Å². The van der Waals surface area contributed by atoms with Crippen LogP contribution in [0.5, 0.6) is 0 Å². The molecule has 6 heteroatoms. The number of nitrogens with zero attached hydrogens (tertiary/aromatic N) is 1. The van der Waals surface area contributed by atoms with Crippen LogP contribution < -0.4 is 16.0 Å². The molecule has 2 aliphatic rings. The third-order valence-corrected chi connectivity index (χ3v) is 4.62. The van der Waals surface area contributed by atoms with E-state index in [1.54, 1.807) is 18.2 Å². The number of primary amides is 1. The van der Waals surface area contributed by atoms with Crippen LogP contribution in [-0.2, 0) is 16.1 Å². The van der Waals surface area contributed by atoms with E-state index in [1.165, 1.54) is 4.90 Å². The summed E-state index contributed by atoms with van der Waals surface area (Å²) in [5, 5.41) is 3.00. The molecule has 1 heterocycles. The maximum absolute atomic E-state index is 12.8. The highest BCUT2D eigenvalue weighted by Crippen LogP contribution is 2.43. The molecule has 0 aromatic heterocycles. The van der Waals surface area contributed by atoms with Crippen molar-refractivity contribution in [1.29, 1.82) is 0 Å². The van der Waals surface area contributed by atoms with Crippen LogP contribution in [0, 0.1) is 5.41 Å². The number of fused-ring (bicyclic) bond motifs is 1. The van der Waals surface area contributed by atoms with Crippen molar-refractivity contribution in [2.45, 2.75) is 32.7 Å². The van der Waals surface area contributed by atoms with Crippen LogP contribution in [0.2, 0.25) is 0 Å². The monoisotopic (exact) mass is 301 g/mol. The van der Waals surface area contributed by atoms with Gasteiger partial charge in [0.05, 0.1) is 12.2 Å². The Bertz CT molecular complexity index is 665. The molecule has 0 bridgehead atoms. The van der Waals surface area contributed by atoms with Crippen molar-refractivity contribution in [2.24, 2.45) is 11.1 Å². The van der Waals surface area contributed by atoms with Crippen molar-refractivity contribution in [3.63, 3.8) is 0 Å². The molecule has 1 aromatic carbocycles. The fraction of sp³-hybridized carbons (Fsp3) is 0.438. The first kappa shape index (κ1) is 14.7. The highest BCUT2D eigenvalue weighted by atomic mass is 16.2. The summed E-state index contributed by atoms with van der Waals surface area (Å²) < 4.78 is 0. The fourth-order valence-electron chi connectivity index (χ4n) is 3.03. The molecule has 3 N–H and O–H groups in total. The summed E-state index contributed by atoms with van der Waals surface area (Å²) in [6.07, 6.45) is 2.62. The van der Waals surface area contributed by atoms with Crippen LogP contribution in [0.25, 0.3) is 0 Å². The van der Waals surface area contributed by atoms with Crippen molar-refractivity contribution in [1.82, 2.24) is 5.32 Å². The minimum atomic E-state index is -0.526. The second-order valence-electron chi connectivity index (χ2n) is 6.26. The van der Waals surface area contributed by atoms with Gasteiger partial charge in [0.1, 0.15) is 0 Å². The van der Waals surface area contributed by atoms with Gasteiger partial charge in [0.15, 0.2) is 0 Å². The van der Waals surface area contributed by atoms with Crippen LogP contribution in [0.1, 0.15) is 42.1 Å². The van der Waals surface area contributed by atoms with E-state index >= 15 is 0 Å². The number of amides is 3. The van der Waals surface area contributed by atoms with Gasteiger partial charge in [-0.15, -0.1) is 0 Å². The van der Waals surface area contributed by atoms with Crippen molar-refractivity contribution in [2.75, 3.05) is 11.4 Å². The third kappa shape index (κ3) is 2.29. The molecule has 0 unspecified atom stereocenters. The number of hydrogen-bond acceptors (Lipinski definition) is 4. The Kier molecular flexibility index (Phi) is 3.48. The zero-order chi connectivity index (χ0) is 15.9. The highest BCUT2D eigenvalue weighted by molar-refractivity contribution is 6.18. The summed E-state index contributed by atoms with van der Waals surface area (Å²) >= 11 is 0. The van der Waals surface area contributed by atoms with Crippen molar-refractivity contribution in [3.8, 4) is 0 Å². The van der Waals surface area contributed by atoms with E-state index in [9.17, 15) is 14.4 Å². The zero-order valence-electron chi connectivity index (χ0n) is 12.5. The molecule has 1 fully saturated rings. The quantitative estimate of drug-likeness (QED) is 0.795. The Morgan fingerprint density at radius 1 is 1.27 bits per heavy atom. The topological polar surface area (TPSA) is 92.5 Å². The molecule has 0 atom stereocenters. The molecule has 1 saturated carbocycles. The van der Waals surface area contributed by atoms with Crippen LogP contribution in [0.15, 0.2) is 18.2 Å². The molecule has 0 radical (unpaired) electrons. The number of benzene rings is 1. The molecule has 1 aliphatic heterocycles. The van der Waals surface area contributed by atoms with E-state index in [2.05, 4.69) is 5.32 Å². The van der Waals surface area contributed by atoms with Gasteiger partial charge >= 0.3 is 0 Å². The summed E-state index contributed by atoms with van der Waals surface area (Å²) in [7, 11) is 0. The minimum absolute atomic E-state index is 0.0996. The summed E-state index contributed by atoms with van der Waals surface area (Å²) in [5.74, 6) is -0.938. The van der Waals surface area contributed by atoms with Crippen molar-refractivity contribution < 1.29 is 14.4 Å². The van der Waals surface area contributed by atoms with E-state index in [0.29, 0.717) is 17.8 Å². The van der Waals surface area contributed by atoms with E-state index in [-0.39, 0.29) is 18.4 Å². The molecule has 6 nitrogen and oxygen atoms in total. The van der Waals surface area contributed by atoms with Gasteiger partial charge in [-0.05, 0) is 36.6 Å². The van der Waals surface area contributed by atoms with Gasteiger partial charge in [-0.3, -0.25) is 14.4 Å². The summed E-state index contributed by atoms with van der Waals surface area (Å²) in [5.41, 5.74) is 6.50. The van der Waals surface area contributed by atoms with Gasteiger partial charge in [-0.2, -0.15) is 0 Å². The number of carbonyl (C=O) groups is 3. The van der Waals surface area contributed by atoms with E-state index in [4.69, 9.17) is 5.73 Å². The first-order valence-electron chi connectivity index (χ1n) is 7.43. The normalized spacial score (nSPS) is 19.9. The number of carbonyl (C=O) groups excluding carboxylic acids is 3. The van der Waals surface area contributed by atoms with E-state index < -0.39 is 11.3 Å². The number of imide groups is 1. The molecule has 1 aromatic rings. The molecular weight excluding hydrogens is 282 g/mol. The van der Waals surface area contributed by atoms with E-state index in [0.717, 1.165) is 24.8 Å². The van der Waals surface area contributed by atoms with E-state index in [1.807, 2.05) is 6.92 Å². The summed E-state index contributed by atoms with van der Waals surface area (Å²) in [6, 6.07) is 4.84. The lowest BCUT2D eigenvalue weighted by Gasteiger charge is -2.40. The number of hydrogen-bond donors (Lipinski definition) is 2. The van der Waals surface area contributed by atoms with Crippen LogP contribution in [0.4, 0.5) is 5.69 Å². The molecule has 0 saturated heterocycles. The van der Waals surface area contributed by atoms with Gasteiger partial charge in [0, 0.05) is 17.5 Å². The van der Waals surface area contributed by atoms with Gasteiger partial charge < -0.3 is 11.1 Å². The predicted octanol–water partition coefficient (Wildman–Crippen LogP) is 0.938.